The second kappa shape index (κ2) is 7.10. The Balaban J connectivity index is 2.05. The van der Waals surface area contributed by atoms with E-state index in [1.807, 2.05) is 0 Å². The summed E-state index contributed by atoms with van der Waals surface area (Å²) >= 11 is 17.8. The molecule has 156 valence electrons. The zero-order valence-corrected chi connectivity index (χ0v) is 15.8. The van der Waals surface area contributed by atoms with E-state index in [1.54, 1.807) is 4.98 Å². The molecule has 1 heterocycles. The van der Waals surface area contributed by atoms with Crippen LogP contribution in [0.1, 0.15) is 5.82 Å². The number of ether oxygens (including phenoxy) is 1. The van der Waals surface area contributed by atoms with Gasteiger partial charge in [-0.1, -0.05) is 40.9 Å². The van der Waals surface area contributed by atoms with Gasteiger partial charge in [0, 0.05) is 6.07 Å². The molecule has 3 aromatic rings. The first kappa shape index (κ1) is 21.8. The van der Waals surface area contributed by atoms with Crippen LogP contribution in [0.3, 0.4) is 0 Å². The fourth-order valence-corrected chi connectivity index (χ4v) is 2.77. The highest BCUT2D eigenvalue weighted by Crippen LogP contribution is 2.51. The number of imidazole rings is 1. The molecule has 1 N–H and O–H groups in total. The Kier molecular flexibility index (Phi) is 5.34. The van der Waals surface area contributed by atoms with Gasteiger partial charge in [0.1, 0.15) is 16.5 Å². The lowest BCUT2D eigenvalue weighted by Gasteiger charge is -2.26. The van der Waals surface area contributed by atoms with Crippen molar-refractivity contribution < 1.29 is 35.5 Å². The summed E-state index contributed by atoms with van der Waals surface area (Å²) in [6, 6.07) is 6.31. The van der Waals surface area contributed by atoms with Crippen molar-refractivity contribution in [1.29, 1.82) is 0 Å². The molecule has 29 heavy (non-hydrogen) atoms. The summed E-state index contributed by atoms with van der Waals surface area (Å²) in [5.41, 5.74) is -0.706. The Hall–Kier alpha value is -1.91. The highest BCUT2D eigenvalue weighted by atomic mass is 35.5. The van der Waals surface area contributed by atoms with E-state index in [1.165, 1.54) is 18.2 Å². The predicted molar refractivity (Wildman–Crippen MR) is 92.5 cm³/mol. The Morgan fingerprint density at radius 2 is 1.52 bits per heavy atom. The second-order valence-electron chi connectivity index (χ2n) is 5.69. The number of nitrogens with zero attached hydrogens (tertiary/aromatic N) is 1. The first-order chi connectivity index (χ1) is 13.3. The summed E-state index contributed by atoms with van der Waals surface area (Å²) in [6.45, 7) is 0. The van der Waals surface area contributed by atoms with Crippen molar-refractivity contribution in [3.63, 3.8) is 0 Å². The molecule has 3 nitrogen and oxygen atoms in total. The van der Waals surface area contributed by atoms with E-state index in [2.05, 4.69) is 4.98 Å². The molecule has 0 spiro atoms. The number of hydrogen-bond donors (Lipinski definition) is 1. The molecule has 0 saturated carbocycles. The second-order valence-corrected chi connectivity index (χ2v) is 6.88. The fraction of sp³-hybridized carbons (Fsp3) is 0.188. The minimum atomic E-state index is -6.50. The highest BCUT2D eigenvalue weighted by molar-refractivity contribution is 6.43. The van der Waals surface area contributed by atoms with Crippen LogP contribution in [0.25, 0.3) is 11.0 Å². The number of aromatic amines is 1. The Morgan fingerprint density at radius 1 is 0.862 bits per heavy atom. The van der Waals surface area contributed by atoms with Gasteiger partial charge in [-0.25, -0.2) is 4.98 Å². The lowest BCUT2D eigenvalue weighted by Crippen LogP contribution is -2.50. The van der Waals surface area contributed by atoms with Crippen LogP contribution in [0.2, 0.25) is 15.1 Å². The molecule has 0 aliphatic carbocycles. The monoisotopic (exact) mass is 480 g/mol. The topological polar surface area (TPSA) is 37.9 Å². The first-order valence-corrected chi connectivity index (χ1v) is 8.53. The fourth-order valence-electron chi connectivity index (χ4n) is 2.25. The Morgan fingerprint density at radius 3 is 2.14 bits per heavy atom. The van der Waals surface area contributed by atoms with E-state index < -0.39 is 23.8 Å². The van der Waals surface area contributed by atoms with Crippen molar-refractivity contribution in [2.75, 3.05) is 0 Å². The van der Waals surface area contributed by atoms with Gasteiger partial charge in [-0.05, 0) is 18.2 Å². The van der Waals surface area contributed by atoms with Gasteiger partial charge in [0.05, 0.1) is 21.1 Å². The lowest BCUT2D eigenvalue weighted by molar-refractivity contribution is -0.361. The molecule has 0 radical (unpaired) electrons. The normalized spacial score (nSPS) is 13.2. The van der Waals surface area contributed by atoms with E-state index in [0.29, 0.717) is 0 Å². The number of H-pyrrole nitrogens is 1. The maximum atomic E-state index is 13.9. The molecule has 0 aliphatic heterocycles. The number of rotatable bonds is 4. The molecule has 0 aliphatic rings. The van der Waals surface area contributed by atoms with Crippen LogP contribution in [-0.2, 0) is 5.92 Å². The molecule has 2 aromatic carbocycles. The van der Waals surface area contributed by atoms with E-state index in [9.17, 15) is 30.7 Å². The third kappa shape index (κ3) is 3.69. The Labute approximate surface area is 172 Å². The number of aromatic nitrogens is 2. The zero-order valence-electron chi connectivity index (χ0n) is 13.5. The summed E-state index contributed by atoms with van der Waals surface area (Å²) in [4.78, 5) is 4.89. The zero-order chi connectivity index (χ0) is 21.8. The van der Waals surface area contributed by atoms with Gasteiger partial charge in [-0.15, -0.1) is 0 Å². The summed E-state index contributed by atoms with van der Waals surface area (Å²) in [5.74, 6) is -14.0. The molecular formula is C16H6Cl3F7N2O. The van der Waals surface area contributed by atoms with Gasteiger partial charge in [-0.3, -0.25) is 0 Å². The SMILES string of the molecule is FC(F)(F)C(F)(F)C(F)(F)c1nc2cc(Cl)c(Oc3cccc(Cl)c3Cl)cc2[nH]1. The van der Waals surface area contributed by atoms with Crippen LogP contribution >= 0.6 is 34.8 Å². The van der Waals surface area contributed by atoms with Gasteiger partial charge in [0.25, 0.3) is 0 Å². The molecule has 0 unspecified atom stereocenters. The van der Waals surface area contributed by atoms with Crippen molar-refractivity contribution in [2.24, 2.45) is 0 Å². The van der Waals surface area contributed by atoms with Crippen LogP contribution in [0.5, 0.6) is 11.5 Å². The minimum absolute atomic E-state index is 0.00647. The summed E-state index contributed by atoms with van der Waals surface area (Å²) in [5, 5.41) is -0.0521. The van der Waals surface area contributed by atoms with E-state index in [4.69, 9.17) is 39.5 Å². The van der Waals surface area contributed by atoms with Crippen molar-refractivity contribution >= 4 is 45.8 Å². The summed E-state index contributed by atoms with van der Waals surface area (Å²) < 4.78 is 96.7. The molecule has 0 saturated heterocycles. The van der Waals surface area contributed by atoms with Gasteiger partial charge < -0.3 is 9.72 Å². The van der Waals surface area contributed by atoms with Gasteiger partial charge in [0.2, 0.25) is 0 Å². The summed E-state index contributed by atoms with van der Waals surface area (Å²) in [6.07, 6.45) is -6.50. The van der Waals surface area contributed by atoms with E-state index in [0.717, 1.165) is 12.1 Å². The van der Waals surface area contributed by atoms with E-state index >= 15 is 0 Å². The van der Waals surface area contributed by atoms with Crippen molar-refractivity contribution in [1.82, 2.24) is 9.97 Å². The molecule has 3 rings (SSSR count). The van der Waals surface area contributed by atoms with Crippen molar-refractivity contribution in [3.05, 3.63) is 51.2 Å². The number of halogens is 10. The average Bonchev–Trinajstić information content (AvgIpc) is 3.01. The van der Waals surface area contributed by atoms with Crippen LogP contribution in [0.15, 0.2) is 30.3 Å². The van der Waals surface area contributed by atoms with Crippen molar-refractivity contribution in [3.8, 4) is 11.5 Å². The Bertz CT molecular complexity index is 1080. The highest BCUT2D eigenvalue weighted by Gasteiger charge is 2.74. The largest absolute Gasteiger partial charge is 0.460 e. The number of nitrogens with one attached hydrogen (secondary N) is 1. The van der Waals surface area contributed by atoms with Crippen LogP contribution in [-0.4, -0.2) is 22.1 Å². The van der Waals surface area contributed by atoms with E-state index in [-0.39, 0.29) is 37.6 Å². The first-order valence-electron chi connectivity index (χ1n) is 7.39. The average molecular weight is 482 g/mol. The molecule has 1 aromatic heterocycles. The van der Waals surface area contributed by atoms with Crippen LogP contribution in [0, 0.1) is 0 Å². The predicted octanol–water partition coefficient (Wildman–Crippen LogP) is 7.60. The lowest BCUT2D eigenvalue weighted by atomic mass is 10.1. The molecule has 0 fully saturated rings. The number of hydrogen-bond acceptors (Lipinski definition) is 2. The third-order valence-electron chi connectivity index (χ3n) is 3.72. The standard InChI is InChI=1S/C16H6Cl3F7N2O/c17-6-2-1-3-10(12(6)19)29-11-5-9-8(4-7(11)18)27-13(28-9)14(20,21)15(22,23)16(24,25)26/h1-5H,(H,27,28). The van der Waals surface area contributed by atoms with Crippen LogP contribution < -0.4 is 4.74 Å². The van der Waals surface area contributed by atoms with Gasteiger partial charge in [0.15, 0.2) is 5.82 Å². The van der Waals surface area contributed by atoms with Crippen molar-refractivity contribution in [2.45, 2.75) is 18.0 Å². The maximum absolute atomic E-state index is 13.9. The molecular weight excluding hydrogens is 476 g/mol. The number of benzene rings is 2. The van der Waals surface area contributed by atoms with Gasteiger partial charge in [-0.2, -0.15) is 30.7 Å². The molecule has 13 heteroatoms. The molecule has 0 atom stereocenters. The quantitative estimate of drug-likeness (QED) is 0.390. The number of alkyl halides is 7. The van der Waals surface area contributed by atoms with Gasteiger partial charge >= 0.3 is 18.0 Å². The molecule has 0 amide bonds. The molecule has 0 bridgehead atoms. The summed E-state index contributed by atoms with van der Waals surface area (Å²) in [7, 11) is 0. The smallest absolute Gasteiger partial charge is 0.454 e. The maximum Gasteiger partial charge on any atom is 0.460 e. The minimum Gasteiger partial charge on any atom is -0.454 e. The third-order valence-corrected chi connectivity index (χ3v) is 4.82. The van der Waals surface area contributed by atoms with Crippen LogP contribution in [0.4, 0.5) is 30.7 Å². The number of fused-ring (bicyclic) bond motifs is 1.